The van der Waals surface area contributed by atoms with Crippen LogP contribution in [0.25, 0.3) is 0 Å². The SMILES string of the molecule is CC(=O)Oc1ccc(OCCOCCOc2ccc(OC(C)=O)cc2)cc1. The molecule has 27 heavy (non-hydrogen) atoms. The summed E-state index contributed by atoms with van der Waals surface area (Å²) in [5.41, 5.74) is 0. The molecule has 0 saturated carbocycles. The van der Waals surface area contributed by atoms with Gasteiger partial charge in [-0.15, -0.1) is 0 Å². The second-order valence-corrected chi connectivity index (χ2v) is 5.44. The number of ether oxygens (including phenoxy) is 5. The number of esters is 2. The van der Waals surface area contributed by atoms with Crippen molar-refractivity contribution in [1.82, 2.24) is 0 Å². The fourth-order valence-electron chi connectivity index (χ4n) is 2.08. The summed E-state index contributed by atoms with van der Waals surface area (Å²) >= 11 is 0. The molecule has 0 heterocycles. The normalized spacial score (nSPS) is 10.1. The molecule has 0 spiro atoms. The van der Waals surface area contributed by atoms with Gasteiger partial charge in [-0.3, -0.25) is 9.59 Å². The van der Waals surface area contributed by atoms with E-state index in [4.69, 9.17) is 23.7 Å². The maximum absolute atomic E-state index is 10.8. The minimum Gasteiger partial charge on any atom is -0.491 e. The van der Waals surface area contributed by atoms with Gasteiger partial charge in [0.15, 0.2) is 0 Å². The van der Waals surface area contributed by atoms with Crippen molar-refractivity contribution in [2.75, 3.05) is 26.4 Å². The molecule has 0 saturated heterocycles. The van der Waals surface area contributed by atoms with Crippen molar-refractivity contribution in [1.29, 1.82) is 0 Å². The smallest absolute Gasteiger partial charge is 0.308 e. The summed E-state index contributed by atoms with van der Waals surface area (Å²) in [5, 5.41) is 0. The molecule has 7 heteroatoms. The summed E-state index contributed by atoms with van der Waals surface area (Å²) in [6, 6.07) is 13.6. The monoisotopic (exact) mass is 374 g/mol. The van der Waals surface area contributed by atoms with Crippen molar-refractivity contribution >= 4 is 11.9 Å². The Labute approximate surface area is 157 Å². The van der Waals surface area contributed by atoms with E-state index in [-0.39, 0.29) is 11.9 Å². The third-order valence-corrected chi connectivity index (χ3v) is 3.16. The van der Waals surface area contributed by atoms with Crippen LogP contribution >= 0.6 is 0 Å². The van der Waals surface area contributed by atoms with Crippen LogP contribution in [0.4, 0.5) is 0 Å². The van der Waals surface area contributed by atoms with Crippen molar-refractivity contribution in [2.24, 2.45) is 0 Å². The number of carbonyl (C=O) groups is 2. The third-order valence-electron chi connectivity index (χ3n) is 3.16. The molecule has 2 aromatic rings. The topological polar surface area (TPSA) is 80.3 Å². The highest BCUT2D eigenvalue weighted by Gasteiger charge is 2.01. The zero-order valence-corrected chi connectivity index (χ0v) is 15.3. The first-order valence-corrected chi connectivity index (χ1v) is 8.43. The lowest BCUT2D eigenvalue weighted by Gasteiger charge is -2.09. The molecule has 0 fully saturated rings. The van der Waals surface area contributed by atoms with E-state index in [1.165, 1.54) is 13.8 Å². The molecule has 2 rings (SSSR count). The summed E-state index contributed by atoms with van der Waals surface area (Å²) in [6.45, 7) is 4.32. The van der Waals surface area contributed by atoms with E-state index in [1.807, 2.05) is 0 Å². The molecule has 0 aliphatic carbocycles. The summed E-state index contributed by atoms with van der Waals surface area (Å²) in [5.74, 6) is 1.56. The van der Waals surface area contributed by atoms with Gasteiger partial charge in [0.1, 0.15) is 36.2 Å². The van der Waals surface area contributed by atoms with Gasteiger partial charge in [0.05, 0.1) is 13.2 Å². The van der Waals surface area contributed by atoms with Gasteiger partial charge in [-0.05, 0) is 48.5 Å². The maximum Gasteiger partial charge on any atom is 0.308 e. The van der Waals surface area contributed by atoms with E-state index in [9.17, 15) is 9.59 Å². The number of benzene rings is 2. The highest BCUT2D eigenvalue weighted by molar-refractivity contribution is 5.69. The van der Waals surface area contributed by atoms with Crippen molar-refractivity contribution in [3.8, 4) is 23.0 Å². The minimum atomic E-state index is -0.361. The predicted octanol–water partition coefficient (Wildman–Crippen LogP) is 3.01. The summed E-state index contributed by atoms with van der Waals surface area (Å²) in [4.78, 5) is 21.7. The lowest BCUT2D eigenvalue weighted by atomic mass is 10.3. The summed E-state index contributed by atoms with van der Waals surface area (Å²) in [7, 11) is 0. The van der Waals surface area contributed by atoms with Crippen LogP contribution in [-0.4, -0.2) is 38.4 Å². The van der Waals surface area contributed by atoms with E-state index >= 15 is 0 Å². The predicted molar refractivity (Wildman–Crippen MR) is 97.3 cm³/mol. The first-order chi connectivity index (χ1) is 13.0. The summed E-state index contributed by atoms with van der Waals surface area (Å²) < 4.78 is 26.4. The van der Waals surface area contributed by atoms with Gasteiger partial charge in [-0.25, -0.2) is 0 Å². The highest BCUT2D eigenvalue weighted by Crippen LogP contribution is 2.18. The molecular formula is C20H22O7. The molecule has 7 nitrogen and oxygen atoms in total. The van der Waals surface area contributed by atoms with Crippen LogP contribution in [0.3, 0.4) is 0 Å². The van der Waals surface area contributed by atoms with E-state index < -0.39 is 0 Å². The Bertz CT molecular complexity index is 660. The lowest BCUT2D eigenvalue weighted by Crippen LogP contribution is -2.12. The fourth-order valence-corrected chi connectivity index (χ4v) is 2.08. The standard InChI is InChI=1S/C20H22O7/c1-15(21)26-19-7-3-17(4-8-19)24-13-11-23-12-14-25-18-5-9-20(10-6-18)27-16(2)22/h3-10H,11-14H2,1-2H3. The number of carbonyl (C=O) groups excluding carboxylic acids is 2. The molecule has 144 valence electrons. The fraction of sp³-hybridized carbons (Fsp3) is 0.300. The first-order valence-electron chi connectivity index (χ1n) is 8.43. The molecular weight excluding hydrogens is 352 g/mol. The van der Waals surface area contributed by atoms with Gasteiger partial charge in [-0.2, -0.15) is 0 Å². The van der Waals surface area contributed by atoms with Gasteiger partial charge in [0, 0.05) is 13.8 Å². The van der Waals surface area contributed by atoms with E-state index in [0.717, 1.165) is 0 Å². The molecule has 0 bridgehead atoms. The minimum absolute atomic E-state index is 0.361. The Balaban J connectivity index is 1.55. The quantitative estimate of drug-likeness (QED) is 0.359. The summed E-state index contributed by atoms with van der Waals surface area (Å²) in [6.07, 6.45) is 0. The van der Waals surface area contributed by atoms with Crippen LogP contribution in [-0.2, 0) is 14.3 Å². The van der Waals surface area contributed by atoms with E-state index in [0.29, 0.717) is 49.4 Å². The van der Waals surface area contributed by atoms with Crippen molar-refractivity contribution in [2.45, 2.75) is 13.8 Å². The lowest BCUT2D eigenvalue weighted by molar-refractivity contribution is -0.132. The number of hydrogen-bond acceptors (Lipinski definition) is 7. The van der Waals surface area contributed by atoms with Gasteiger partial charge in [0.2, 0.25) is 0 Å². The van der Waals surface area contributed by atoms with Gasteiger partial charge < -0.3 is 23.7 Å². The average Bonchev–Trinajstić information content (AvgIpc) is 2.63. The molecule has 0 amide bonds. The molecule has 0 unspecified atom stereocenters. The van der Waals surface area contributed by atoms with Crippen molar-refractivity contribution in [3.05, 3.63) is 48.5 Å². The molecule has 0 aliphatic heterocycles. The molecule has 0 atom stereocenters. The van der Waals surface area contributed by atoms with Crippen LogP contribution in [0.1, 0.15) is 13.8 Å². The number of hydrogen-bond donors (Lipinski definition) is 0. The molecule has 0 radical (unpaired) electrons. The Morgan fingerprint density at radius 1 is 0.593 bits per heavy atom. The Hall–Kier alpha value is -3.06. The molecule has 0 aliphatic rings. The largest absolute Gasteiger partial charge is 0.491 e. The van der Waals surface area contributed by atoms with E-state index in [2.05, 4.69) is 0 Å². The van der Waals surface area contributed by atoms with Gasteiger partial charge in [-0.1, -0.05) is 0 Å². The average molecular weight is 374 g/mol. The Kier molecular flexibility index (Phi) is 8.12. The first kappa shape index (κ1) is 20.3. The van der Waals surface area contributed by atoms with Gasteiger partial charge in [0.25, 0.3) is 0 Å². The van der Waals surface area contributed by atoms with E-state index in [1.54, 1.807) is 48.5 Å². The zero-order chi connectivity index (χ0) is 19.5. The molecule has 2 aromatic carbocycles. The number of rotatable bonds is 10. The second-order valence-electron chi connectivity index (χ2n) is 5.44. The molecule has 0 aromatic heterocycles. The second kappa shape index (κ2) is 10.8. The van der Waals surface area contributed by atoms with Crippen molar-refractivity contribution in [3.63, 3.8) is 0 Å². The third kappa shape index (κ3) is 8.24. The van der Waals surface area contributed by atoms with Gasteiger partial charge >= 0.3 is 11.9 Å². The zero-order valence-electron chi connectivity index (χ0n) is 15.3. The molecule has 0 N–H and O–H groups in total. The van der Waals surface area contributed by atoms with Crippen LogP contribution in [0.5, 0.6) is 23.0 Å². The highest BCUT2D eigenvalue weighted by atomic mass is 16.5. The maximum atomic E-state index is 10.8. The van der Waals surface area contributed by atoms with Crippen LogP contribution in [0.2, 0.25) is 0 Å². The van der Waals surface area contributed by atoms with Crippen molar-refractivity contribution < 1.29 is 33.3 Å². The Morgan fingerprint density at radius 2 is 0.926 bits per heavy atom. The van der Waals surface area contributed by atoms with Crippen LogP contribution < -0.4 is 18.9 Å². The van der Waals surface area contributed by atoms with Crippen LogP contribution in [0, 0.1) is 0 Å². The Morgan fingerprint density at radius 3 is 1.26 bits per heavy atom. The van der Waals surface area contributed by atoms with Crippen LogP contribution in [0.15, 0.2) is 48.5 Å².